The van der Waals surface area contributed by atoms with Crippen molar-refractivity contribution in [3.63, 3.8) is 0 Å². The Morgan fingerprint density at radius 3 is 2.92 bits per heavy atom. The quantitative estimate of drug-likeness (QED) is 0.326. The molecular formula is C7H6N3O3+. The number of H-pyrrole nitrogens is 2. The maximum Gasteiger partial charge on any atom is 0.377 e. The highest BCUT2D eigenvalue weighted by Crippen LogP contribution is 2.02. The molecule has 0 spiro atoms. The van der Waals surface area contributed by atoms with Gasteiger partial charge in [-0.1, -0.05) is 0 Å². The van der Waals surface area contributed by atoms with Crippen LogP contribution in [0.1, 0.15) is 10.4 Å². The topological polar surface area (TPSA) is 90.0 Å². The fourth-order valence-electron chi connectivity index (χ4n) is 1.14. The zero-order valence-electron chi connectivity index (χ0n) is 6.44. The fourth-order valence-corrected chi connectivity index (χ4v) is 1.14. The number of fused-ring (bicyclic) bond motifs is 1. The Hall–Kier alpha value is -2.11. The molecule has 2 rings (SSSR count). The normalized spacial score (nSPS) is 10.5. The standard InChI is InChI=1S/C7H5N3O3/c11-5(7(12)13)4-3-9-10-2-1-8-6(4)10/h1-3H,(H2,8,9,11,12,13)/p+1. The van der Waals surface area contributed by atoms with Gasteiger partial charge in [0, 0.05) is 0 Å². The van der Waals surface area contributed by atoms with Crippen molar-refractivity contribution in [2.45, 2.75) is 0 Å². The summed E-state index contributed by atoms with van der Waals surface area (Å²) in [6.45, 7) is 0. The number of aliphatic carboxylic acids is 1. The number of hydrogen-bond acceptors (Lipinski definition) is 2. The fraction of sp³-hybridized carbons (Fsp3) is 0. The molecule has 13 heavy (non-hydrogen) atoms. The number of aromatic amines is 2. The van der Waals surface area contributed by atoms with Crippen LogP contribution in [0.4, 0.5) is 0 Å². The molecule has 2 aromatic rings. The Labute approximate surface area is 71.8 Å². The van der Waals surface area contributed by atoms with E-state index in [0.717, 1.165) is 0 Å². The summed E-state index contributed by atoms with van der Waals surface area (Å²) in [6, 6.07) is 0. The first-order valence-electron chi connectivity index (χ1n) is 3.54. The van der Waals surface area contributed by atoms with E-state index in [1.165, 1.54) is 10.7 Å². The SMILES string of the molecule is O=C(O)C(=O)c1c[nH][n+]2cc[nH]c12. The molecule has 0 atom stereocenters. The van der Waals surface area contributed by atoms with E-state index in [1.54, 1.807) is 12.4 Å². The molecule has 6 heteroatoms. The molecule has 2 heterocycles. The van der Waals surface area contributed by atoms with E-state index in [-0.39, 0.29) is 5.56 Å². The molecule has 0 saturated heterocycles. The van der Waals surface area contributed by atoms with Crippen LogP contribution in [-0.4, -0.2) is 26.9 Å². The van der Waals surface area contributed by atoms with Gasteiger partial charge < -0.3 is 5.11 Å². The Bertz CT molecular complexity index is 482. The first kappa shape index (κ1) is 7.53. The number of rotatable bonds is 2. The van der Waals surface area contributed by atoms with E-state index in [4.69, 9.17) is 5.11 Å². The van der Waals surface area contributed by atoms with Crippen LogP contribution in [0.5, 0.6) is 0 Å². The predicted octanol–water partition coefficient (Wildman–Crippen LogP) is -0.651. The molecule has 3 N–H and O–H groups in total. The number of carboxylic acid groups (broad SMARTS) is 1. The molecular weight excluding hydrogens is 174 g/mol. The molecule has 0 saturated carbocycles. The summed E-state index contributed by atoms with van der Waals surface area (Å²) in [5.41, 5.74) is 0.574. The van der Waals surface area contributed by atoms with Crippen LogP contribution in [0, 0.1) is 0 Å². The largest absolute Gasteiger partial charge is 0.475 e. The third kappa shape index (κ3) is 0.994. The second kappa shape index (κ2) is 2.44. The lowest BCUT2D eigenvalue weighted by Crippen LogP contribution is -2.20. The Balaban J connectivity index is 2.61. The number of nitrogens with one attached hydrogen (secondary N) is 2. The van der Waals surface area contributed by atoms with E-state index in [0.29, 0.717) is 5.65 Å². The third-order valence-corrected chi connectivity index (χ3v) is 1.73. The van der Waals surface area contributed by atoms with E-state index in [9.17, 15) is 9.59 Å². The van der Waals surface area contributed by atoms with Crippen LogP contribution in [0.3, 0.4) is 0 Å². The van der Waals surface area contributed by atoms with Gasteiger partial charge in [-0.3, -0.25) is 4.79 Å². The van der Waals surface area contributed by atoms with Crippen LogP contribution >= 0.6 is 0 Å². The number of ketones is 1. The number of hydrogen-bond donors (Lipinski definition) is 3. The smallest absolute Gasteiger partial charge is 0.377 e. The van der Waals surface area contributed by atoms with Gasteiger partial charge in [-0.25, -0.2) is 14.9 Å². The monoisotopic (exact) mass is 180 g/mol. The summed E-state index contributed by atoms with van der Waals surface area (Å²) in [6.07, 6.45) is 4.60. The highest BCUT2D eigenvalue weighted by Gasteiger charge is 2.23. The second-order valence-corrected chi connectivity index (χ2v) is 2.50. The van der Waals surface area contributed by atoms with Gasteiger partial charge in [-0.2, -0.15) is 0 Å². The van der Waals surface area contributed by atoms with Crippen LogP contribution in [-0.2, 0) is 4.79 Å². The van der Waals surface area contributed by atoms with Crippen LogP contribution in [0.25, 0.3) is 5.65 Å². The van der Waals surface area contributed by atoms with Gasteiger partial charge in [-0.15, -0.1) is 4.52 Å². The van der Waals surface area contributed by atoms with Crippen molar-refractivity contribution >= 4 is 17.4 Å². The molecule has 0 unspecified atom stereocenters. The minimum Gasteiger partial charge on any atom is -0.475 e. The van der Waals surface area contributed by atoms with Crippen LogP contribution in [0.2, 0.25) is 0 Å². The maximum atomic E-state index is 11.1. The van der Waals surface area contributed by atoms with Crippen molar-refractivity contribution in [3.8, 4) is 0 Å². The Morgan fingerprint density at radius 1 is 1.46 bits per heavy atom. The minimum absolute atomic E-state index is 0.123. The molecule has 0 bridgehead atoms. The van der Waals surface area contributed by atoms with Crippen molar-refractivity contribution in [3.05, 3.63) is 24.2 Å². The zero-order valence-corrected chi connectivity index (χ0v) is 6.44. The predicted molar refractivity (Wildman–Crippen MR) is 40.3 cm³/mol. The molecule has 0 amide bonds. The van der Waals surface area contributed by atoms with Crippen molar-refractivity contribution in [1.29, 1.82) is 0 Å². The van der Waals surface area contributed by atoms with Crippen molar-refractivity contribution < 1.29 is 19.2 Å². The van der Waals surface area contributed by atoms with Gasteiger partial charge in [0.15, 0.2) is 6.20 Å². The molecule has 0 aliphatic rings. The zero-order chi connectivity index (χ0) is 9.42. The summed E-state index contributed by atoms with van der Waals surface area (Å²) in [4.78, 5) is 24.2. The average Bonchev–Trinajstić information content (AvgIpc) is 2.61. The van der Waals surface area contributed by atoms with Gasteiger partial charge in [0.25, 0.3) is 5.78 Å². The number of carboxylic acids is 1. The number of carbonyl (C=O) groups is 2. The molecule has 66 valence electrons. The van der Waals surface area contributed by atoms with E-state index < -0.39 is 11.8 Å². The molecule has 0 radical (unpaired) electrons. The summed E-state index contributed by atoms with van der Waals surface area (Å²) < 4.78 is 1.52. The van der Waals surface area contributed by atoms with Gasteiger partial charge in [-0.05, 0) is 0 Å². The highest BCUT2D eigenvalue weighted by molar-refractivity contribution is 6.41. The lowest BCUT2D eigenvalue weighted by atomic mass is 10.2. The van der Waals surface area contributed by atoms with Crippen molar-refractivity contribution in [1.82, 2.24) is 10.1 Å². The molecule has 0 aromatic carbocycles. The Morgan fingerprint density at radius 2 is 2.23 bits per heavy atom. The summed E-state index contributed by atoms with van der Waals surface area (Å²) in [5.74, 6) is -2.39. The van der Waals surface area contributed by atoms with E-state index in [2.05, 4.69) is 10.1 Å². The van der Waals surface area contributed by atoms with Gasteiger partial charge >= 0.3 is 11.6 Å². The van der Waals surface area contributed by atoms with Gasteiger partial charge in [0.2, 0.25) is 0 Å². The van der Waals surface area contributed by atoms with Gasteiger partial charge in [0.1, 0.15) is 11.8 Å². The number of aromatic nitrogens is 3. The average molecular weight is 180 g/mol. The third-order valence-electron chi connectivity index (χ3n) is 1.73. The summed E-state index contributed by atoms with van der Waals surface area (Å²) >= 11 is 0. The lowest BCUT2D eigenvalue weighted by molar-refractivity contribution is -0.574. The number of carbonyl (C=O) groups excluding carboxylic acids is 1. The maximum absolute atomic E-state index is 11.1. The van der Waals surface area contributed by atoms with Crippen LogP contribution in [0.15, 0.2) is 18.6 Å². The molecule has 0 aliphatic carbocycles. The molecule has 0 fully saturated rings. The van der Waals surface area contributed by atoms with E-state index in [1.807, 2.05) is 0 Å². The van der Waals surface area contributed by atoms with E-state index >= 15 is 0 Å². The summed E-state index contributed by atoms with van der Waals surface area (Å²) in [7, 11) is 0. The number of imidazole rings is 1. The highest BCUT2D eigenvalue weighted by atomic mass is 16.4. The number of nitrogens with zero attached hydrogens (tertiary/aromatic N) is 1. The Kier molecular flexibility index (Phi) is 1.42. The molecule has 2 aromatic heterocycles. The summed E-state index contributed by atoms with van der Waals surface area (Å²) in [5, 5.41) is 11.2. The second-order valence-electron chi connectivity index (χ2n) is 2.50. The first-order valence-corrected chi connectivity index (χ1v) is 3.54. The first-order chi connectivity index (χ1) is 6.20. The van der Waals surface area contributed by atoms with Crippen molar-refractivity contribution in [2.24, 2.45) is 0 Å². The lowest BCUT2D eigenvalue weighted by Gasteiger charge is -1.84. The number of Topliss-reactive ketones (excluding diaryl/α,β-unsaturated/α-hetero) is 1. The molecule has 6 nitrogen and oxygen atoms in total. The molecule has 0 aliphatic heterocycles. The van der Waals surface area contributed by atoms with Crippen LogP contribution < -0.4 is 4.52 Å². The minimum atomic E-state index is -1.46. The van der Waals surface area contributed by atoms with Gasteiger partial charge in [0.05, 0.1) is 6.20 Å². The van der Waals surface area contributed by atoms with Crippen molar-refractivity contribution in [2.75, 3.05) is 0 Å².